The van der Waals surface area contributed by atoms with Crippen molar-refractivity contribution in [1.82, 2.24) is 9.97 Å². The number of hydrogen-bond acceptors (Lipinski definition) is 6. The Labute approximate surface area is 181 Å². The summed E-state index contributed by atoms with van der Waals surface area (Å²) in [6.45, 7) is 6.99. The number of urea groups is 1. The maximum atomic E-state index is 12.2. The molecule has 1 aliphatic rings. The molecule has 3 N–H and O–H groups in total. The Hall–Kier alpha value is -3.65. The molecule has 2 heterocycles. The second kappa shape index (κ2) is 9.44. The minimum Gasteiger partial charge on any atom is -0.378 e. The van der Waals surface area contributed by atoms with E-state index < -0.39 is 0 Å². The van der Waals surface area contributed by atoms with Crippen LogP contribution in [0.3, 0.4) is 0 Å². The Bertz CT molecular complexity index is 1050. The van der Waals surface area contributed by atoms with Crippen LogP contribution in [0.1, 0.15) is 11.3 Å². The Morgan fingerprint density at radius 1 is 0.903 bits per heavy atom. The highest BCUT2D eigenvalue weighted by atomic mass is 16.5. The van der Waals surface area contributed by atoms with Crippen molar-refractivity contribution >= 4 is 34.9 Å². The predicted octanol–water partition coefficient (Wildman–Crippen LogP) is 4.32. The van der Waals surface area contributed by atoms with Gasteiger partial charge in [0.1, 0.15) is 5.82 Å². The minimum absolute atomic E-state index is 0.288. The average molecular weight is 419 g/mol. The Morgan fingerprint density at radius 2 is 1.61 bits per heavy atom. The second-order valence-electron chi connectivity index (χ2n) is 7.44. The number of carbonyl (C=O) groups is 1. The number of aryl methyl sites for hydroxylation is 2. The molecule has 0 bridgehead atoms. The first kappa shape index (κ1) is 20.6. The summed E-state index contributed by atoms with van der Waals surface area (Å²) in [7, 11) is 0. The van der Waals surface area contributed by atoms with E-state index in [0.717, 1.165) is 41.5 Å². The summed E-state index contributed by atoms with van der Waals surface area (Å²) in [5.74, 6) is 1.43. The van der Waals surface area contributed by atoms with E-state index in [1.54, 1.807) is 0 Å². The molecular formula is C23H26N6O2. The van der Waals surface area contributed by atoms with Crippen molar-refractivity contribution < 1.29 is 9.53 Å². The van der Waals surface area contributed by atoms with Crippen molar-refractivity contribution in [2.45, 2.75) is 13.8 Å². The zero-order valence-electron chi connectivity index (χ0n) is 17.7. The Kier molecular flexibility index (Phi) is 6.28. The minimum atomic E-state index is -0.288. The number of aromatic nitrogens is 2. The summed E-state index contributed by atoms with van der Waals surface area (Å²) < 4.78 is 5.42. The van der Waals surface area contributed by atoms with Crippen LogP contribution in [-0.4, -0.2) is 42.3 Å². The molecule has 1 fully saturated rings. The lowest BCUT2D eigenvalue weighted by atomic mass is 10.2. The molecule has 3 aromatic rings. The third-order valence-electron chi connectivity index (χ3n) is 4.85. The van der Waals surface area contributed by atoms with Crippen LogP contribution < -0.4 is 20.9 Å². The highest BCUT2D eigenvalue weighted by molar-refractivity contribution is 5.99. The van der Waals surface area contributed by atoms with Crippen LogP contribution in [0.15, 0.2) is 54.6 Å². The fourth-order valence-electron chi connectivity index (χ4n) is 3.34. The van der Waals surface area contributed by atoms with E-state index in [-0.39, 0.29) is 6.03 Å². The number of rotatable bonds is 5. The van der Waals surface area contributed by atoms with Gasteiger partial charge in [-0.3, -0.25) is 0 Å². The van der Waals surface area contributed by atoms with Gasteiger partial charge in [0.15, 0.2) is 0 Å². The molecular weight excluding hydrogens is 392 g/mol. The van der Waals surface area contributed by atoms with Crippen LogP contribution in [0, 0.1) is 13.8 Å². The summed E-state index contributed by atoms with van der Waals surface area (Å²) in [5, 5.41) is 8.91. The van der Waals surface area contributed by atoms with E-state index in [9.17, 15) is 4.79 Å². The third-order valence-corrected chi connectivity index (χ3v) is 4.85. The lowest BCUT2D eigenvalue weighted by Gasteiger charge is -2.28. The molecule has 1 aromatic heterocycles. The lowest BCUT2D eigenvalue weighted by Crippen LogP contribution is -2.36. The van der Waals surface area contributed by atoms with E-state index in [4.69, 9.17) is 4.74 Å². The van der Waals surface area contributed by atoms with Crippen molar-refractivity contribution in [3.05, 3.63) is 65.9 Å². The van der Waals surface area contributed by atoms with Gasteiger partial charge in [-0.15, -0.1) is 0 Å². The average Bonchev–Trinajstić information content (AvgIpc) is 2.75. The van der Waals surface area contributed by atoms with Gasteiger partial charge in [0.25, 0.3) is 0 Å². The smallest absolute Gasteiger partial charge is 0.323 e. The topological polar surface area (TPSA) is 91.4 Å². The number of ether oxygens (including phenoxy) is 1. The fraction of sp³-hybridized carbons (Fsp3) is 0.261. The molecule has 0 atom stereocenters. The van der Waals surface area contributed by atoms with Gasteiger partial charge in [0.05, 0.1) is 13.2 Å². The number of nitrogens with one attached hydrogen (secondary N) is 3. The summed E-state index contributed by atoms with van der Waals surface area (Å²) in [6.07, 6.45) is 0. The molecule has 0 saturated carbocycles. The standard InChI is InChI=1S/C23H26N6O2/c1-16-4-3-5-20(14-16)27-23(30)26-19-8-6-18(7-9-19)25-22-24-17(2)15-21(28-22)29-10-12-31-13-11-29/h3-9,14-15H,10-13H2,1-2H3,(H,24,25,28)(H2,26,27,30). The van der Waals surface area contributed by atoms with Gasteiger partial charge < -0.3 is 25.6 Å². The first-order chi connectivity index (χ1) is 15.0. The van der Waals surface area contributed by atoms with Crippen LogP contribution in [0.5, 0.6) is 0 Å². The molecule has 8 heteroatoms. The van der Waals surface area contributed by atoms with Crippen molar-refractivity contribution in [2.24, 2.45) is 0 Å². The molecule has 4 rings (SSSR count). The zero-order valence-corrected chi connectivity index (χ0v) is 17.7. The van der Waals surface area contributed by atoms with Gasteiger partial charge in [0, 0.05) is 41.9 Å². The van der Waals surface area contributed by atoms with Crippen LogP contribution in [-0.2, 0) is 4.74 Å². The Balaban J connectivity index is 1.38. The number of anilines is 5. The van der Waals surface area contributed by atoms with Gasteiger partial charge in [-0.05, 0) is 55.8 Å². The molecule has 8 nitrogen and oxygen atoms in total. The quantitative estimate of drug-likeness (QED) is 0.572. The summed E-state index contributed by atoms with van der Waals surface area (Å²) in [4.78, 5) is 23.6. The highest BCUT2D eigenvalue weighted by Crippen LogP contribution is 2.21. The van der Waals surface area contributed by atoms with Crippen LogP contribution >= 0.6 is 0 Å². The van der Waals surface area contributed by atoms with Gasteiger partial charge in [-0.25, -0.2) is 9.78 Å². The highest BCUT2D eigenvalue weighted by Gasteiger charge is 2.14. The molecule has 2 aromatic carbocycles. The first-order valence-electron chi connectivity index (χ1n) is 10.3. The number of benzene rings is 2. The van der Waals surface area contributed by atoms with Crippen molar-refractivity contribution in [2.75, 3.05) is 47.2 Å². The number of nitrogens with zero attached hydrogens (tertiary/aromatic N) is 3. The second-order valence-corrected chi connectivity index (χ2v) is 7.44. The van der Waals surface area contributed by atoms with Gasteiger partial charge in [-0.2, -0.15) is 4.98 Å². The molecule has 0 unspecified atom stereocenters. The van der Waals surface area contributed by atoms with Crippen LogP contribution in [0.2, 0.25) is 0 Å². The monoisotopic (exact) mass is 418 g/mol. The van der Waals surface area contributed by atoms with Crippen LogP contribution in [0.4, 0.5) is 33.6 Å². The number of hydrogen-bond donors (Lipinski definition) is 3. The lowest BCUT2D eigenvalue weighted by molar-refractivity contribution is 0.122. The Morgan fingerprint density at radius 3 is 2.35 bits per heavy atom. The van der Waals surface area contributed by atoms with E-state index in [2.05, 4.69) is 30.8 Å². The molecule has 31 heavy (non-hydrogen) atoms. The van der Waals surface area contributed by atoms with Gasteiger partial charge in [0.2, 0.25) is 5.95 Å². The van der Waals surface area contributed by atoms with E-state index >= 15 is 0 Å². The maximum absolute atomic E-state index is 12.2. The first-order valence-corrected chi connectivity index (χ1v) is 10.3. The third kappa shape index (κ3) is 5.70. The van der Waals surface area contributed by atoms with E-state index in [1.807, 2.05) is 68.4 Å². The van der Waals surface area contributed by atoms with Crippen molar-refractivity contribution in [3.8, 4) is 0 Å². The van der Waals surface area contributed by atoms with Crippen LogP contribution in [0.25, 0.3) is 0 Å². The fourth-order valence-corrected chi connectivity index (χ4v) is 3.34. The molecule has 2 amide bonds. The molecule has 0 aliphatic carbocycles. The number of amides is 2. The van der Waals surface area contributed by atoms with Crippen molar-refractivity contribution in [1.29, 1.82) is 0 Å². The SMILES string of the molecule is Cc1cccc(NC(=O)Nc2ccc(Nc3nc(C)cc(N4CCOCC4)n3)cc2)c1. The summed E-state index contributed by atoms with van der Waals surface area (Å²) in [5.41, 5.74) is 4.26. The predicted molar refractivity (Wildman–Crippen MR) is 123 cm³/mol. The molecule has 1 aliphatic heterocycles. The molecule has 160 valence electrons. The summed E-state index contributed by atoms with van der Waals surface area (Å²) in [6, 6.07) is 16.8. The van der Waals surface area contributed by atoms with E-state index in [1.165, 1.54) is 0 Å². The normalized spacial score (nSPS) is 13.5. The van der Waals surface area contributed by atoms with Crippen molar-refractivity contribution in [3.63, 3.8) is 0 Å². The summed E-state index contributed by atoms with van der Waals surface area (Å²) >= 11 is 0. The zero-order chi connectivity index (χ0) is 21.6. The molecule has 0 spiro atoms. The molecule has 0 radical (unpaired) electrons. The van der Waals surface area contributed by atoms with E-state index in [0.29, 0.717) is 24.8 Å². The number of morpholine rings is 1. The van der Waals surface area contributed by atoms with Gasteiger partial charge >= 0.3 is 6.03 Å². The molecule has 1 saturated heterocycles. The largest absolute Gasteiger partial charge is 0.378 e. The maximum Gasteiger partial charge on any atom is 0.323 e. The number of carbonyl (C=O) groups excluding carboxylic acids is 1. The van der Waals surface area contributed by atoms with Gasteiger partial charge in [-0.1, -0.05) is 12.1 Å².